The summed E-state index contributed by atoms with van der Waals surface area (Å²) in [4.78, 5) is 11.9. The van der Waals surface area contributed by atoms with Crippen molar-refractivity contribution in [2.45, 2.75) is 31.7 Å². The monoisotopic (exact) mass is 260 g/mol. The summed E-state index contributed by atoms with van der Waals surface area (Å²) in [5.74, 6) is 2.10. The fourth-order valence-corrected chi connectivity index (χ4v) is 2.47. The lowest BCUT2D eigenvalue weighted by atomic mass is 10.1. The van der Waals surface area contributed by atoms with E-state index in [9.17, 15) is 4.79 Å². The molecule has 0 heterocycles. The Bertz CT molecular complexity index is 438. The molecular formula is C15H20N2O2. The molecule has 2 fully saturated rings. The zero-order chi connectivity index (χ0) is 13.2. The van der Waals surface area contributed by atoms with Gasteiger partial charge in [0.25, 0.3) is 5.91 Å². The molecule has 0 atom stereocenters. The van der Waals surface area contributed by atoms with E-state index in [-0.39, 0.29) is 12.5 Å². The van der Waals surface area contributed by atoms with E-state index in [4.69, 9.17) is 10.5 Å². The molecule has 3 N–H and O–H groups in total. The first kappa shape index (κ1) is 12.3. The highest BCUT2D eigenvalue weighted by molar-refractivity contribution is 5.78. The van der Waals surface area contributed by atoms with Gasteiger partial charge in [-0.15, -0.1) is 0 Å². The molecule has 0 radical (unpaired) electrons. The summed E-state index contributed by atoms with van der Waals surface area (Å²) >= 11 is 0. The van der Waals surface area contributed by atoms with Gasteiger partial charge < -0.3 is 15.8 Å². The van der Waals surface area contributed by atoms with E-state index in [1.165, 1.54) is 25.7 Å². The lowest BCUT2D eigenvalue weighted by Crippen LogP contribution is -2.40. The smallest absolute Gasteiger partial charge is 0.258 e. The number of ether oxygens (including phenoxy) is 1. The largest absolute Gasteiger partial charge is 0.484 e. The predicted octanol–water partition coefficient (Wildman–Crippen LogP) is 1.95. The van der Waals surface area contributed by atoms with Gasteiger partial charge in [0.2, 0.25) is 0 Å². The zero-order valence-corrected chi connectivity index (χ0v) is 11.0. The lowest BCUT2D eigenvalue weighted by Gasteiger charge is -2.17. The molecule has 1 amide bonds. The molecule has 1 aromatic rings. The average Bonchev–Trinajstić information content (AvgIpc) is 3.29. The summed E-state index contributed by atoms with van der Waals surface area (Å²) in [6, 6.07) is 7.49. The van der Waals surface area contributed by atoms with Crippen molar-refractivity contribution in [2.24, 2.45) is 11.8 Å². The number of nitrogen functional groups attached to an aromatic ring is 1. The number of anilines is 1. The van der Waals surface area contributed by atoms with Crippen molar-refractivity contribution in [3.63, 3.8) is 0 Å². The van der Waals surface area contributed by atoms with Gasteiger partial charge in [-0.1, -0.05) is 0 Å². The second kappa shape index (κ2) is 5.11. The SMILES string of the molecule is Nc1ccc(OCC(=O)NC(C2CC2)C2CC2)cc1. The quantitative estimate of drug-likeness (QED) is 0.768. The van der Waals surface area contributed by atoms with Crippen LogP contribution in [0.3, 0.4) is 0 Å². The van der Waals surface area contributed by atoms with E-state index in [1.54, 1.807) is 24.3 Å². The molecule has 0 spiro atoms. The number of nitrogens with two attached hydrogens (primary N) is 1. The summed E-state index contributed by atoms with van der Waals surface area (Å²) in [6.07, 6.45) is 5.06. The van der Waals surface area contributed by atoms with Crippen LogP contribution in [0, 0.1) is 11.8 Å². The average molecular weight is 260 g/mol. The maximum atomic E-state index is 11.9. The van der Waals surface area contributed by atoms with E-state index in [1.807, 2.05) is 0 Å². The van der Waals surface area contributed by atoms with Crippen molar-refractivity contribution >= 4 is 11.6 Å². The van der Waals surface area contributed by atoms with Gasteiger partial charge in [-0.05, 0) is 61.8 Å². The number of carbonyl (C=O) groups excluding carboxylic acids is 1. The normalized spacial score (nSPS) is 18.4. The van der Waals surface area contributed by atoms with E-state index in [0.29, 0.717) is 29.3 Å². The van der Waals surface area contributed by atoms with Crippen LogP contribution >= 0.6 is 0 Å². The Kier molecular flexibility index (Phi) is 3.32. The van der Waals surface area contributed by atoms with Crippen molar-refractivity contribution in [1.82, 2.24) is 5.32 Å². The van der Waals surface area contributed by atoms with Gasteiger partial charge in [-0.25, -0.2) is 0 Å². The molecule has 102 valence electrons. The van der Waals surface area contributed by atoms with Crippen LogP contribution < -0.4 is 15.8 Å². The summed E-state index contributed by atoms with van der Waals surface area (Å²) in [6.45, 7) is 0.0832. The van der Waals surface area contributed by atoms with Gasteiger partial charge in [0.1, 0.15) is 5.75 Å². The Morgan fingerprint density at radius 3 is 2.32 bits per heavy atom. The molecule has 1 aromatic carbocycles. The number of hydrogen-bond donors (Lipinski definition) is 2. The molecule has 2 aliphatic carbocycles. The standard InChI is InChI=1S/C15H20N2O2/c16-12-5-7-13(8-6-12)19-9-14(18)17-15(10-1-2-10)11-3-4-11/h5-8,10-11,15H,1-4,9,16H2,(H,17,18). The molecule has 3 rings (SSSR count). The minimum absolute atomic E-state index is 0.0133. The van der Waals surface area contributed by atoms with Gasteiger partial charge in [-0.2, -0.15) is 0 Å². The van der Waals surface area contributed by atoms with Crippen LogP contribution in [0.2, 0.25) is 0 Å². The molecule has 0 aromatic heterocycles. The molecule has 0 aliphatic heterocycles. The molecular weight excluding hydrogens is 240 g/mol. The fraction of sp³-hybridized carbons (Fsp3) is 0.533. The van der Waals surface area contributed by atoms with Crippen LogP contribution in [-0.4, -0.2) is 18.6 Å². The maximum absolute atomic E-state index is 11.9. The predicted molar refractivity (Wildman–Crippen MR) is 73.7 cm³/mol. The van der Waals surface area contributed by atoms with Gasteiger partial charge in [0.05, 0.1) is 0 Å². The van der Waals surface area contributed by atoms with E-state index in [2.05, 4.69) is 5.32 Å². The van der Waals surface area contributed by atoms with Crippen LogP contribution in [0.5, 0.6) is 5.75 Å². The van der Waals surface area contributed by atoms with Crippen molar-refractivity contribution < 1.29 is 9.53 Å². The minimum atomic E-state index is -0.0133. The molecule has 0 bridgehead atoms. The third kappa shape index (κ3) is 3.40. The number of nitrogens with one attached hydrogen (secondary N) is 1. The Hall–Kier alpha value is -1.71. The molecule has 0 saturated heterocycles. The molecule has 4 heteroatoms. The molecule has 19 heavy (non-hydrogen) atoms. The molecule has 0 unspecified atom stereocenters. The van der Waals surface area contributed by atoms with Gasteiger partial charge in [0.15, 0.2) is 6.61 Å². The molecule has 2 saturated carbocycles. The van der Waals surface area contributed by atoms with Crippen LogP contribution in [0.25, 0.3) is 0 Å². The number of amides is 1. The lowest BCUT2D eigenvalue weighted by molar-refractivity contribution is -0.124. The Morgan fingerprint density at radius 1 is 1.21 bits per heavy atom. The third-order valence-electron chi connectivity index (χ3n) is 3.84. The van der Waals surface area contributed by atoms with E-state index >= 15 is 0 Å². The first-order valence-corrected chi connectivity index (χ1v) is 7.00. The summed E-state index contributed by atoms with van der Waals surface area (Å²) in [5.41, 5.74) is 6.29. The zero-order valence-electron chi connectivity index (χ0n) is 11.0. The van der Waals surface area contributed by atoms with Crippen LogP contribution in [0.1, 0.15) is 25.7 Å². The fourth-order valence-electron chi connectivity index (χ4n) is 2.47. The van der Waals surface area contributed by atoms with Crippen LogP contribution in [-0.2, 0) is 4.79 Å². The highest BCUT2D eigenvalue weighted by Crippen LogP contribution is 2.44. The van der Waals surface area contributed by atoms with Gasteiger partial charge >= 0.3 is 0 Å². The van der Waals surface area contributed by atoms with Crippen LogP contribution in [0.4, 0.5) is 5.69 Å². The van der Waals surface area contributed by atoms with E-state index in [0.717, 1.165) is 0 Å². The first-order chi connectivity index (χ1) is 9.22. The Morgan fingerprint density at radius 2 is 1.79 bits per heavy atom. The van der Waals surface area contributed by atoms with Gasteiger partial charge in [-0.3, -0.25) is 4.79 Å². The second-order valence-electron chi connectivity index (χ2n) is 5.63. The highest BCUT2D eigenvalue weighted by atomic mass is 16.5. The summed E-state index contributed by atoms with van der Waals surface area (Å²) < 4.78 is 5.46. The third-order valence-corrected chi connectivity index (χ3v) is 3.84. The minimum Gasteiger partial charge on any atom is -0.484 e. The molecule has 2 aliphatic rings. The van der Waals surface area contributed by atoms with Crippen molar-refractivity contribution in [1.29, 1.82) is 0 Å². The van der Waals surface area contributed by atoms with Crippen molar-refractivity contribution in [2.75, 3.05) is 12.3 Å². The van der Waals surface area contributed by atoms with Crippen molar-refractivity contribution in [3.8, 4) is 5.75 Å². The Balaban J connectivity index is 1.46. The second-order valence-corrected chi connectivity index (χ2v) is 5.63. The van der Waals surface area contributed by atoms with Crippen LogP contribution in [0.15, 0.2) is 24.3 Å². The summed E-state index contributed by atoms with van der Waals surface area (Å²) in [7, 11) is 0. The van der Waals surface area contributed by atoms with E-state index < -0.39 is 0 Å². The number of rotatable bonds is 6. The summed E-state index contributed by atoms with van der Waals surface area (Å²) in [5, 5.41) is 3.13. The first-order valence-electron chi connectivity index (χ1n) is 7.00. The Labute approximate surface area is 113 Å². The number of carbonyl (C=O) groups is 1. The maximum Gasteiger partial charge on any atom is 0.258 e. The van der Waals surface area contributed by atoms with Crippen molar-refractivity contribution in [3.05, 3.63) is 24.3 Å². The van der Waals surface area contributed by atoms with Gasteiger partial charge in [0, 0.05) is 11.7 Å². The highest BCUT2D eigenvalue weighted by Gasteiger charge is 2.42. The topological polar surface area (TPSA) is 64.3 Å². The molecule has 4 nitrogen and oxygen atoms in total. The number of benzene rings is 1. The number of hydrogen-bond acceptors (Lipinski definition) is 3.